The molecule has 28 heavy (non-hydrogen) atoms. The fraction of sp³-hybridized carbons (Fsp3) is 1.00. The van der Waals surface area contributed by atoms with Gasteiger partial charge in [-0.2, -0.15) is 0 Å². The second-order valence-electron chi connectivity index (χ2n) is 11.2. The summed E-state index contributed by atoms with van der Waals surface area (Å²) in [4.78, 5) is 0. The summed E-state index contributed by atoms with van der Waals surface area (Å²) in [6.07, 6.45) is 10.5. The molecule has 0 aromatic heterocycles. The van der Waals surface area contributed by atoms with Gasteiger partial charge in [-0.15, -0.1) is 0 Å². The van der Waals surface area contributed by atoms with Crippen LogP contribution in [0.1, 0.15) is 71.6 Å². The Labute approximate surface area is 168 Å². The van der Waals surface area contributed by atoms with Gasteiger partial charge in [0.25, 0.3) is 0 Å². The summed E-state index contributed by atoms with van der Waals surface area (Å²) in [6, 6.07) is 0. The van der Waals surface area contributed by atoms with Crippen molar-refractivity contribution >= 4 is 0 Å². The molecule has 2 spiro atoms. The van der Waals surface area contributed by atoms with Gasteiger partial charge < -0.3 is 24.1 Å². The molecule has 6 aliphatic rings. The average molecular weight is 393 g/mol. The molecule has 9 atom stereocenters. The molecule has 5 nitrogen and oxygen atoms in total. The zero-order chi connectivity index (χ0) is 19.2. The van der Waals surface area contributed by atoms with Crippen molar-refractivity contribution in [2.24, 2.45) is 34.5 Å². The van der Waals surface area contributed by atoms with Crippen molar-refractivity contribution < 1.29 is 24.1 Å². The van der Waals surface area contributed by atoms with Crippen molar-refractivity contribution in [3.8, 4) is 0 Å². The molecule has 4 saturated carbocycles. The second kappa shape index (κ2) is 5.94. The minimum Gasteiger partial charge on any atom is -0.393 e. The highest BCUT2D eigenvalue weighted by Crippen LogP contribution is 2.71. The van der Waals surface area contributed by atoms with E-state index in [0.29, 0.717) is 37.4 Å². The van der Waals surface area contributed by atoms with Gasteiger partial charge in [0.2, 0.25) is 5.79 Å². The Hall–Kier alpha value is -0.200. The lowest BCUT2D eigenvalue weighted by molar-refractivity contribution is -0.251. The predicted molar refractivity (Wildman–Crippen MR) is 102 cm³/mol. The summed E-state index contributed by atoms with van der Waals surface area (Å²) >= 11 is 0. The molecular formula is C23H36O5. The molecule has 5 heteroatoms. The van der Waals surface area contributed by atoms with Crippen molar-refractivity contribution in [3.05, 3.63) is 0 Å². The van der Waals surface area contributed by atoms with Gasteiger partial charge in [-0.3, -0.25) is 0 Å². The summed E-state index contributed by atoms with van der Waals surface area (Å²) in [6.45, 7) is 6.18. The maximum absolute atomic E-state index is 10.3. The Morgan fingerprint density at radius 1 is 0.821 bits per heavy atom. The highest BCUT2D eigenvalue weighted by molar-refractivity contribution is 5.20. The molecule has 158 valence electrons. The van der Waals surface area contributed by atoms with E-state index in [-0.39, 0.29) is 17.1 Å². The first-order valence-electron chi connectivity index (χ1n) is 11.6. The van der Waals surface area contributed by atoms with E-state index in [1.54, 1.807) is 0 Å². The van der Waals surface area contributed by atoms with Crippen LogP contribution in [0.3, 0.4) is 0 Å². The topological polar surface area (TPSA) is 57.2 Å². The third-order valence-electron chi connectivity index (χ3n) is 10.6. The molecule has 1 N–H and O–H groups in total. The first-order chi connectivity index (χ1) is 13.4. The summed E-state index contributed by atoms with van der Waals surface area (Å²) in [5.74, 6) is 2.27. The number of aliphatic hydroxyl groups excluding tert-OH is 1. The van der Waals surface area contributed by atoms with E-state index < -0.39 is 5.79 Å². The molecule has 0 radical (unpaired) electrons. The SMILES string of the molecule is CC12CC[C@@H](O)C[C@H]1CCC1C2CCC2(C)C1CC[C@@]21OCOC12COCO2. The van der Waals surface area contributed by atoms with Crippen molar-refractivity contribution in [2.45, 2.75) is 89.1 Å². The van der Waals surface area contributed by atoms with E-state index in [2.05, 4.69) is 13.8 Å². The van der Waals surface area contributed by atoms with Crippen LogP contribution in [-0.2, 0) is 18.9 Å². The Morgan fingerprint density at radius 3 is 2.46 bits per heavy atom. The highest BCUT2D eigenvalue weighted by Gasteiger charge is 2.75. The molecule has 2 heterocycles. The minimum atomic E-state index is -0.695. The van der Waals surface area contributed by atoms with Crippen molar-refractivity contribution in [1.29, 1.82) is 0 Å². The van der Waals surface area contributed by atoms with E-state index >= 15 is 0 Å². The standard InChI is InChI=1S/C23H36O5/c1-20-8-5-16(24)11-15(20)3-4-17-18(20)6-9-21(2)19(17)7-10-22(21)23(28-14-26-22)12-25-13-27-23/h15-19,24H,3-14H2,1-2H3/t15-,16-,17?,18?,19?,20?,21?,22-,23?/m1/s1. The maximum atomic E-state index is 10.3. The summed E-state index contributed by atoms with van der Waals surface area (Å²) in [5.41, 5.74) is 0.152. The van der Waals surface area contributed by atoms with Gasteiger partial charge in [0.05, 0.1) is 6.10 Å². The maximum Gasteiger partial charge on any atom is 0.226 e. The van der Waals surface area contributed by atoms with Crippen molar-refractivity contribution in [2.75, 3.05) is 20.2 Å². The van der Waals surface area contributed by atoms with Crippen LogP contribution in [0.2, 0.25) is 0 Å². The molecular weight excluding hydrogens is 356 g/mol. The van der Waals surface area contributed by atoms with Gasteiger partial charge in [0, 0.05) is 5.41 Å². The first-order valence-corrected chi connectivity index (χ1v) is 11.6. The second-order valence-corrected chi connectivity index (χ2v) is 11.2. The van der Waals surface area contributed by atoms with Crippen LogP contribution in [0.5, 0.6) is 0 Å². The molecule has 6 fully saturated rings. The van der Waals surface area contributed by atoms with E-state index in [0.717, 1.165) is 31.1 Å². The van der Waals surface area contributed by atoms with Gasteiger partial charge in [-0.25, -0.2) is 0 Å². The van der Waals surface area contributed by atoms with Gasteiger partial charge in [-0.1, -0.05) is 13.8 Å². The van der Waals surface area contributed by atoms with Crippen LogP contribution in [0.4, 0.5) is 0 Å². The van der Waals surface area contributed by atoms with E-state index in [4.69, 9.17) is 18.9 Å². The normalized spacial score (nSPS) is 60.8. The minimum absolute atomic E-state index is 0.0679. The molecule has 4 aliphatic carbocycles. The Morgan fingerprint density at radius 2 is 1.64 bits per heavy atom. The van der Waals surface area contributed by atoms with Crippen molar-refractivity contribution in [1.82, 2.24) is 0 Å². The number of hydrogen-bond acceptors (Lipinski definition) is 5. The zero-order valence-electron chi connectivity index (χ0n) is 17.5. The van der Waals surface area contributed by atoms with Crippen LogP contribution < -0.4 is 0 Å². The van der Waals surface area contributed by atoms with E-state index in [1.807, 2.05) is 0 Å². The number of fused-ring (bicyclic) bond motifs is 7. The van der Waals surface area contributed by atoms with Gasteiger partial charge in [0.1, 0.15) is 12.2 Å². The molecule has 0 aromatic rings. The summed E-state index contributed by atoms with van der Waals surface area (Å²) in [7, 11) is 0. The van der Waals surface area contributed by atoms with E-state index in [9.17, 15) is 5.11 Å². The van der Waals surface area contributed by atoms with Crippen LogP contribution in [0.15, 0.2) is 0 Å². The predicted octanol–water partition coefficient (Wildman–Crippen LogP) is 3.83. The lowest BCUT2D eigenvalue weighted by Crippen LogP contribution is -2.64. The molecule has 0 bridgehead atoms. The molecule has 2 aliphatic heterocycles. The molecule has 6 unspecified atom stereocenters. The summed E-state index contributed by atoms with van der Waals surface area (Å²) in [5, 5.41) is 10.3. The quantitative estimate of drug-likeness (QED) is 0.679. The number of ether oxygens (including phenoxy) is 4. The number of aliphatic hydroxyl groups is 1. The molecule has 6 rings (SSSR count). The molecule has 2 saturated heterocycles. The Balaban J connectivity index is 1.34. The third-order valence-corrected chi connectivity index (χ3v) is 10.6. The van der Waals surface area contributed by atoms with Crippen LogP contribution in [0, 0.1) is 34.5 Å². The smallest absolute Gasteiger partial charge is 0.226 e. The average Bonchev–Trinajstić information content (AvgIpc) is 3.37. The Bertz CT molecular complexity index is 641. The summed E-state index contributed by atoms with van der Waals surface area (Å²) < 4.78 is 24.3. The number of hydrogen-bond donors (Lipinski definition) is 1. The number of rotatable bonds is 0. The fourth-order valence-corrected chi connectivity index (χ4v) is 9.22. The Kier molecular flexibility index (Phi) is 3.94. The van der Waals surface area contributed by atoms with Crippen LogP contribution >= 0.6 is 0 Å². The monoisotopic (exact) mass is 392 g/mol. The first kappa shape index (κ1) is 18.6. The third kappa shape index (κ3) is 2.06. The molecule has 0 aromatic carbocycles. The zero-order valence-corrected chi connectivity index (χ0v) is 17.5. The largest absolute Gasteiger partial charge is 0.393 e. The lowest BCUT2D eigenvalue weighted by Gasteiger charge is -2.62. The van der Waals surface area contributed by atoms with Gasteiger partial charge >= 0.3 is 0 Å². The van der Waals surface area contributed by atoms with Crippen LogP contribution in [-0.4, -0.2) is 42.8 Å². The molecule has 0 amide bonds. The lowest BCUT2D eigenvalue weighted by atomic mass is 9.44. The highest BCUT2D eigenvalue weighted by atomic mass is 16.9. The van der Waals surface area contributed by atoms with E-state index in [1.165, 1.54) is 38.5 Å². The van der Waals surface area contributed by atoms with Gasteiger partial charge in [-0.05, 0) is 86.9 Å². The van der Waals surface area contributed by atoms with Crippen LogP contribution in [0.25, 0.3) is 0 Å². The van der Waals surface area contributed by atoms with Gasteiger partial charge in [0.15, 0.2) is 13.6 Å². The fourth-order valence-electron chi connectivity index (χ4n) is 9.22. The van der Waals surface area contributed by atoms with Crippen molar-refractivity contribution in [3.63, 3.8) is 0 Å².